The predicted octanol–water partition coefficient (Wildman–Crippen LogP) is 0.773. The first-order valence-electron chi connectivity index (χ1n) is 5.55. The lowest BCUT2D eigenvalue weighted by Gasteiger charge is -2.19. The van der Waals surface area contributed by atoms with E-state index in [4.69, 9.17) is 10.5 Å². The van der Waals surface area contributed by atoms with Crippen LogP contribution in [-0.4, -0.2) is 32.4 Å². The fraction of sp³-hybridized carbons (Fsp3) is 0.700. The number of nitrogens with two attached hydrogens (primary N) is 1. The first kappa shape index (κ1) is 13.4. The quantitative estimate of drug-likeness (QED) is 0.499. The van der Waals surface area contributed by atoms with E-state index in [1.807, 2.05) is 0 Å². The molecule has 0 aliphatic rings. The van der Waals surface area contributed by atoms with E-state index in [-0.39, 0.29) is 17.9 Å². The van der Waals surface area contributed by atoms with Crippen LogP contribution in [0.15, 0.2) is 0 Å². The van der Waals surface area contributed by atoms with Crippen molar-refractivity contribution < 1.29 is 9.84 Å². The maximum atomic E-state index is 9.57. The second kappa shape index (κ2) is 5.62. The van der Waals surface area contributed by atoms with Crippen molar-refractivity contribution in [1.82, 2.24) is 15.0 Å². The fourth-order valence-electron chi connectivity index (χ4n) is 1.07. The van der Waals surface area contributed by atoms with E-state index in [1.54, 1.807) is 13.8 Å². The molecule has 0 fully saturated rings. The van der Waals surface area contributed by atoms with Gasteiger partial charge in [0.1, 0.15) is 5.72 Å². The molecule has 0 amide bonds. The van der Waals surface area contributed by atoms with Crippen LogP contribution in [0.4, 0.5) is 11.9 Å². The van der Waals surface area contributed by atoms with Gasteiger partial charge in [-0.1, -0.05) is 13.3 Å². The van der Waals surface area contributed by atoms with Gasteiger partial charge >= 0.3 is 6.01 Å². The Balaban J connectivity index is 2.72. The number of anilines is 2. The lowest BCUT2D eigenvalue weighted by atomic mass is 10.3. The molecule has 0 aliphatic heterocycles. The molecule has 96 valence electrons. The lowest BCUT2D eigenvalue weighted by molar-refractivity contribution is 0.110. The summed E-state index contributed by atoms with van der Waals surface area (Å²) in [6.07, 6.45) is 1.94. The summed E-state index contributed by atoms with van der Waals surface area (Å²) < 4.78 is 5.32. The zero-order valence-electron chi connectivity index (χ0n) is 10.4. The zero-order valence-corrected chi connectivity index (χ0v) is 10.4. The highest BCUT2D eigenvalue weighted by molar-refractivity contribution is 5.33. The Hall–Kier alpha value is -1.63. The van der Waals surface area contributed by atoms with Crippen LogP contribution in [0.3, 0.4) is 0 Å². The SMILES string of the molecule is CCCCOc1nc(N)nc(NC(C)(C)O)n1. The average molecular weight is 241 g/mol. The number of aromatic nitrogens is 3. The number of rotatable bonds is 6. The minimum Gasteiger partial charge on any atom is -0.463 e. The molecule has 7 nitrogen and oxygen atoms in total. The molecule has 0 bridgehead atoms. The standard InChI is InChI=1S/C10H19N5O2/c1-4-5-6-17-9-13-7(11)12-8(14-9)15-10(2,3)16/h16H,4-6H2,1-3H3,(H3,11,12,13,14,15). The number of ether oxygens (including phenoxy) is 1. The maximum absolute atomic E-state index is 9.57. The topological polar surface area (TPSA) is 106 Å². The molecular weight excluding hydrogens is 222 g/mol. The van der Waals surface area contributed by atoms with Crippen LogP contribution >= 0.6 is 0 Å². The van der Waals surface area contributed by atoms with Crippen molar-refractivity contribution in [3.05, 3.63) is 0 Å². The molecule has 0 atom stereocenters. The van der Waals surface area contributed by atoms with Gasteiger partial charge in [-0.05, 0) is 20.3 Å². The van der Waals surface area contributed by atoms with Crippen LogP contribution in [-0.2, 0) is 0 Å². The molecule has 0 aliphatic carbocycles. The van der Waals surface area contributed by atoms with Crippen LogP contribution in [0.5, 0.6) is 6.01 Å². The molecule has 1 heterocycles. The third-order valence-corrected chi connectivity index (χ3v) is 1.78. The van der Waals surface area contributed by atoms with Gasteiger partial charge in [0.2, 0.25) is 11.9 Å². The molecule has 1 aromatic rings. The Kier molecular flexibility index (Phi) is 4.45. The van der Waals surface area contributed by atoms with Crippen molar-refractivity contribution in [2.75, 3.05) is 17.7 Å². The van der Waals surface area contributed by atoms with E-state index in [0.717, 1.165) is 12.8 Å². The molecular formula is C10H19N5O2. The largest absolute Gasteiger partial charge is 0.463 e. The summed E-state index contributed by atoms with van der Waals surface area (Å²) in [4.78, 5) is 11.7. The molecule has 0 saturated carbocycles. The van der Waals surface area contributed by atoms with Gasteiger partial charge < -0.3 is 20.9 Å². The molecule has 0 radical (unpaired) electrons. The van der Waals surface area contributed by atoms with Crippen molar-refractivity contribution in [2.24, 2.45) is 0 Å². The molecule has 0 saturated heterocycles. The Morgan fingerprint density at radius 1 is 1.35 bits per heavy atom. The number of nitrogen functional groups attached to an aromatic ring is 1. The van der Waals surface area contributed by atoms with Crippen LogP contribution in [0, 0.1) is 0 Å². The van der Waals surface area contributed by atoms with E-state index in [9.17, 15) is 5.11 Å². The second-order valence-electron chi connectivity index (χ2n) is 4.19. The summed E-state index contributed by atoms with van der Waals surface area (Å²) in [5, 5.41) is 12.3. The monoisotopic (exact) mass is 241 g/mol. The number of unbranched alkanes of at least 4 members (excludes halogenated alkanes) is 1. The number of hydrogen-bond acceptors (Lipinski definition) is 7. The molecule has 7 heteroatoms. The number of aliphatic hydroxyl groups is 1. The van der Waals surface area contributed by atoms with Crippen molar-refractivity contribution in [3.63, 3.8) is 0 Å². The minimum absolute atomic E-state index is 0.0539. The van der Waals surface area contributed by atoms with Crippen LogP contribution in [0.25, 0.3) is 0 Å². The summed E-state index contributed by atoms with van der Waals surface area (Å²) >= 11 is 0. The molecule has 1 rings (SSSR count). The van der Waals surface area contributed by atoms with Gasteiger partial charge in [-0.25, -0.2) is 0 Å². The number of nitrogens with one attached hydrogen (secondary N) is 1. The first-order chi connectivity index (χ1) is 7.90. The summed E-state index contributed by atoms with van der Waals surface area (Å²) in [5.41, 5.74) is 4.39. The Morgan fingerprint density at radius 3 is 2.65 bits per heavy atom. The molecule has 0 aromatic carbocycles. The smallest absolute Gasteiger partial charge is 0.323 e. The Bertz CT molecular complexity index is 364. The first-order valence-corrected chi connectivity index (χ1v) is 5.55. The highest BCUT2D eigenvalue weighted by Crippen LogP contribution is 2.12. The number of hydrogen-bond donors (Lipinski definition) is 3. The van der Waals surface area contributed by atoms with Gasteiger partial charge in [0, 0.05) is 0 Å². The third kappa shape index (κ3) is 5.30. The second-order valence-corrected chi connectivity index (χ2v) is 4.19. The summed E-state index contributed by atoms with van der Waals surface area (Å²) in [6.45, 7) is 5.74. The van der Waals surface area contributed by atoms with Crippen molar-refractivity contribution in [3.8, 4) is 6.01 Å². The van der Waals surface area contributed by atoms with E-state index in [1.165, 1.54) is 0 Å². The van der Waals surface area contributed by atoms with Crippen LogP contribution < -0.4 is 15.8 Å². The Morgan fingerprint density at radius 2 is 2.06 bits per heavy atom. The van der Waals surface area contributed by atoms with E-state index >= 15 is 0 Å². The van der Waals surface area contributed by atoms with Gasteiger partial charge in [0.05, 0.1) is 6.61 Å². The minimum atomic E-state index is -1.13. The van der Waals surface area contributed by atoms with Crippen LogP contribution in [0.1, 0.15) is 33.6 Å². The van der Waals surface area contributed by atoms with Crippen molar-refractivity contribution >= 4 is 11.9 Å². The molecule has 17 heavy (non-hydrogen) atoms. The number of nitrogens with zero attached hydrogens (tertiary/aromatic N) is 3. The van der Waals surface area contributed by atoms with Gasteiger partial charge in [0.15, 0.2) is 0 Å². The fourth-order valence-corrected chi connectivity index (χ4v) is 1.07. The highest BCUT2D eigenvalue weighted by Gasteiger charge is 2.15. The summed E-state index contributed by atoms with van der Waals surface area (Å²) in [7, 11) is 0. The maximum Gasteiger partial charge on any atom is 0.323 e. The zero-order chi connectivity index (χ0) is 12.9. The average Bonchev–Trinajstić information content (AvgIpc) is 2.14. The third-order valence-electron chi connectivity index (χ3n) is 1.78. The molecule has 0 unspecified atom stereocenters. The normalized spacial score (nSPS) is 11.3. The van der Waals surface area contributed by atoms with E-state index in [2.05, 4.69) is 27.2 Å². The van der Waals surface area contributed by atoms with Gasteiger partial charge in [-0.2, -0.15) is 15.0 Å². The molecule has 0 spiro atoms. The van der Waals surface area contributed by atoms with Crippen molar-refractivity contribution in [2.45, 2.75) is 39.3 Å². The predicted molar refractivity (Wildman–Crippen MR) is 64.6 cm³/mol. The van der Waals surface area contributed by atoms with Gasteiger partial charge in [0.25, 0.3) is 0 Å². The van der Waals surface area contributed by atoms with Crippen molar-refractivity contribution in [1.29, 1.82) is 0 Å². The van der Waals surface area contributed by atoms with E-state index < -0.39 is 5.72 Å². The Labute approximate surface area is 100 Å². The molecule has 1 aromatic heterocycles. The summed E-state index contributed by atoms with van der Waals surface area (Å²) in [5.74, 6) is 0.245. The van der Waals surface area contributed by atoms with E-state index in [0.29, 0.717) is 6.61 Å². The van der Waals surface area contributed by atoms with Gasteiger partial charge in [-0.15, -0.1) is 0 Å². The van der Waals surface area contributed by atoms with Crippen LogP contribution in [0.2, 0.25) is 0 Å². The summed E-state index contributed by atoms with van der Waals surface area (Å²) in [6, 6.07) is 0.165. The molecule has 4 N–H and O–H groups in total. The van der Waals surface area contributed by atoms with Gasteiger partial charge in [-0.3, -0.25) is 0 Å². The highest BCUT2D eigenvalue weighted by atomic mass is 16.5. The lowest BCUT2D eigenvalue weighted by Crippen LogP contribution is -2.31.